The van der Waals surface area contributed by atoms with Crippen LogP contribution in [0.3, 0.4) is 0 Å². The van der Waals surface area contributed by atoms with Gasteiger partial charge in [-0.3, -0.25) is 4.79 Å². The van der Waals surface area contributed by atoms with Crippen LogP contribution in [0.15, 0.2) is 24.3 Å². The fourth-order valence-corrected chi connectivity index (χ4v) is 2.05. The molecule has 0 spiro atoms. The minimum absolute atomic E-state index is 0.0558. The zero-order chi connectivity index (χ0) is 13.7. The molecule has 1 aromatic carbocycles. The Morgan fingerprint density at radius 2 is 1.67 bits per heavy atom. The van der Waals surface area contributed by atoms with E-state index in [1.54, 1.807) is 30.1 Å². The molecule has 0 aliphatic rings. The van der Waals surface area contributed by atoms with Crippen molar-refractivity contribution in [2.24, 2.45) is 0 Å². The van der Waals surface area contributed by atoms with Gasteiger partial charge in [0.1, 0.15) is 0 Å². The molecule has 0 atom stereocenters. The first-order valence-electron chi connectivity index (χ1n) is 6.12. The van der Waals surface area contributed by atoms with E-state index < -0.39 is 5.97 Å². The Hall–Kier alpha value is -1.84. The van der Waals surface area contributed by atoms with Crippen molar-refractivity contribution in [3.63, 3.8) is 0 Å². The lowest BCUT2D eigenvalue weighted by atomic mass is 10.0. The van der Waals surface area contributed by atoms with E-state index in [9.17, 15) is 9.59 Å². The van der Waals surface area contributed by atoms with Crippen LogP contribution < -0.4 is 0 Å². The van der Waals surface area contributed by atoms with Gasteiger partial charge in [-0.25, -0.2) is 4.79 Å². The van der Waals surface area contributed by atoms with Crippen LogP contribution >= 0.6 is 0 Å². The summed E-state index contributed by atoms with van der Waals surface area (Å²) in [6.07, 6.45) is 1.71. The van der Waals surface area contributed by atoms with Crippen molar-refractivity contribution in [2.45, 2.75) is 32.7 Å². The van der Waals surface area contributed by atoms with E-state index in [1.807, 2.05) is 13.8 Å². The number of rotatable bonds is 5. The van der Waals surface area contributed by atoms with E-state index >= 15 is 0 Å². The van der Waals surface area contributed by atoms with Gasteiger partial charge in [0.15, 0.2) is 0 Å². The Bertz CT molecular complexity index is 438. The van der Waals surface area contributed by atoms with Gasteiger partial charge in [0.2, 0.25) is 0 Å². The third-order valence-electron chi connectivity index (χ3n) is 3.20. The highest BCUT2D eigenvalue weighted by atomic mass is 16.4. The van der Waals surface area contributed by atoms with Gasteiger partial charge in [0.25, 0.3) is 5.91 Å². The summed E-state index contributed by atoms with van der Waals surface area (Å²) in [6, 6.07) is 6.46. The van der Waals surface area contributed by atoms with E-state index in [0.717, 1.165) is 12.8 Å². The summed E-state index contributed by atoms with van der Waals surface area (Å²) in [5.74, 6) is -1.31. The van der Waals surface area contributed by atoms with E-state index in [1.165, 1.54) is 6.07 Å². The molecule has 4 nitrogen and oxygen atoms in total. The number of carboxylic acids is 1. The molecule has 1 amide bonds. The minimum atomic E-state index is -1.07. The maximum atomic E-state index is 12.3. The second-order valence-corrected chi connectivity index (χ2v) is 4.24. The van der Waals surface area contributed by atoms with Crippen LogP contribution in [0.25, 0.3) is 0 Å². The van der Waals surface area contributed by atoms with Crippen molar-refractivity contribution in [3.8, 4) is 0 Å². The predicted octanol–water partition coefficient (Wildman–Crippen LogP) is 2.65. The van der Waals surface area contributed by atoms with Crippen molar-refractivity contribution in [2.75, 3.05) is 7.05 Å². The molecule has 1 N–H and O–H groups in total. The third-order valence-corrected chi connectivity index (χ3v) is 3.20. The molecule has 1 rings (SSSR count). The van der Waals surface area contributed by atoms with Crippen molar-refractivity contribution >= 4 is 11.9 Å². The summed E-state index contributed by atoms with van der Waals surface area (Å²) in [6.45, 7) is 4.03. The zero-order valence-electron chi connectivity index (χ0n) is 11.0. The predicted molar refractivity (Wildman–Crippen MR) is 69.9 cm³/mol. The van der Waals surface area contributed by atoms with Crippen LogP contribution in [0.4, 0.5) is 0 Å². The molecule has 18 heavy (non-hydrogen) atoms. The third kappa shape index (κ3) is 2.88. The van der Waals surface area contributed by atoms with Crippen LogP contribution in [0.5, 0.6) is 0 Å². The maximum absolute atomic E-state index is 12.3. The van der Waals surface area contributed by atoms with Gasteiger partial charge in [-0.2, -0.15) is 0 Å². The Balaban J connectivity index is 3.07. The number of amides is 1. The quantitative estimate of drug-likeness (QED) is 0.872. The van der Waals surface area contributed by atoms with Gasteiger partial charge in [0.05, 0.1) is 11.1 Å². The highest BCUT2D eigenvalue weighted by Gasteiger charge is 2.22. The van der Waals surface area contributed by atoms with Crippen molar-refractivity contribution in [1.29, 1.82) is 0 Å². The SMILES string of the molecule is CCC(CC)N(C)C(=O)c1ccccc1C(=O)O. The van der Waals surface area contributed by atoms with Crippen LogP contribution in [0, 0.1) is 0 Å². The number of nitrogens with zero attached hydrogens (tertiary/aromatic N) is 1. The van der Waals surface area contributed by atoms with Crippen LogP contribution in [0.1, 0.15) is 47.4 Å². The molecule has 0 unspecified atom stereocenters. The van der Waals surface area contributed by atoms with E-state index in [0.29, 0.717) is 0 Å². The number of benzene rings is 1. The first-order chi connectivity index (χ1) is 8.52. The van der Waals surface area contributed by atoms with Crippen molar-refractivity contribution in [3.05, 3.63) is 35.4 Å². The molecule has 0 saturated heterocycles. The fourth-order valence-electron chi connectivity index (χ4n) is 2.05. The fraction of sp³-hybridized carbons (Fsp3) is 0.429. The summed E-state index contributed by atoms with van der Waals surface area (Å²) < 4.78 is 0. The molecule has 0 heterocycles. The Morgan fingerprint density at radius 3 is 2.11 bits per heavy atom. The average Bonchev–Trinajstić information content (AvgIpc) is 2.39. The Labute approximate surface area is 107 Å². The molecule has 0 aliphatic heterocycles. The zero-order valence-corrected chi connectivity index (χ0v) is 11.0. The highest BCUT2D eigenvalue weighted by Crippen LogP contribution is 2.15. The monoisotopic (exact) mass is 249 g/mol. The molecule has 0 bridgehead atoms. The first-order valence-corrected chi connectivity index (χ1v) is 6.12. The molecule has 4 heteroatoms. The van der Waals surface area contributed by atoms with Crippen LogP contribution in [0.2, 0.25) is 0 Å². The standard InChI is InChI=1S/C14H19NO3/c1-4-10(5-2)15(3)13(16)11-8-6-7-9-12(11)14(17)18/h6-10H,4-5H2,1-3H3,(H,17,18). The molecular formula is C14H19NO3. The molecule has 0 aliphatic carbocycles. The summed E-state index contributed by atoms with van der Waals surface area (Å²) in [4.78, 5) is 25.0. The molecule has 98 valence electrons. The summed E-state index contributed by atoms with van der Waals surface area (Å²) in [5.41, 5.74) is 0.305. The number of aromatic carboxylic acids is 1. The number of carboxylic acid groups (broad SMARTS) is 1. The van der Waals surface area contributed by atoms with Crippen LogP contribution in [-0.2, 0) is 0 Å². The van der Waals surface area contributed by atoms with Crippen LogP contribution in [-0.4, -0.2) is 35.0 Å². The lowest BCUT2D eigenvalue weighted by Gasteiger charge is -2.26. The number of hydrogen-bond donors (Lipinski definition) is 1. The normalized spacial score (nSPS) is 10.4. The summed E-state index contributed by atoms with van der Waals surface area (Å²) in [5, 5.41) is 9.08. The molecule has 1 aromatic rings. The first kappa shape index (κ1) is 14.2. The molecule has 0 radical (unpaired) electrons. The van der Waals surface area contributed by atoms with E-state index in [4.69, 9.17) is 5.11 Å². The van der Waals surface area contributed by atoms with Gasteiger partial charge in [0, 0.05) is 13.1 Å². The van der Waals surface area contributed by atoms with Gasteiger partial charge in [-0.1, -0.05) is 26.0 Å². The molecular weight excluding hydrogens is 230 g/mol. The average molecular weight is 249 g/mol. The van der Waals surface area contributed by atoms with E-state index in [-0.39, 0.29) is 23.1 Å². The van der Waals surface area contributed by atoms with Gasteiger partial charge >= 0.3 is 5.97 Å². The highest BCUT2D eigenvalue weighted by molar-refractivity contribution is 6.04. The number of hydrogen-bond acceptors (Lipinski definition) is 2. The lowest BCUT2D eigenvalue weighted by molar-refractivity contribution is 0.0666. The van der Waals surface area contributed by atoms with E-state index in [2.05, 4.69) is 0 Å². The number of carbonyl (C=O) groups is 2. The smallest absolute Gasteiger partial charge is 0.336 e. The van der Waals surface area contributed by atoms with Crippen molar-refractivity contribution < 1.29 is 14.7 Å². The molecule has 0 aromatic heterocycles. The topological polar surface area (TPSA) is 57.6 Å². The second-order valence-electron chi connectivity index (χ2n) is 4.24. The van der Waals surface area contributed by atoms with Gasteiger partial charge < -0.3 is 10.0 Å². The summed E-state index contributed by atoms with van der Waals surface area (Å²) >= 11 is 0. The Morgan fingerprint density at radius 1 is 1.17 bits per heavy atom. The summed E-state index contributed by atoms with van der Waals surface area (Å²) in [7, 11) is 1.72. The number of carbonyl (C=O) groups excluding carboxylic acids is 1. The van der Waals surface area contributed by atoms with Crippen molar-refractivity contribution in [1.82, 2.24) is 4.90 Å². The molecule has 0 fully saturated rings. The van der Waals surface area contributed by atoms with Gasteiger partial charge in [-0.05, 0) is 25.0 Å². The lowest BCUT2D eigenvalue weighted by Crippen LogP contribution is -2.37. The largest absolute Gasteiger partial charge is 0.478 e. The minimum Gasteiger partial charge on any atom is -0.478 e. The van der Waals surface area contributed by atoms with Gasteiger partial charge in [-0.15, -0.1) is 0 Å². The maximum Gasteiger partial charge on any atom is 0.336 e. The Kier molecular flexibility index (Phi) is 4.89. The molecule has 0 saturated carbocycles. The second kappa shape index (κ2) is 6.19.